The zero-order valence-corrected chi connectivity index (χ0v) is 3.74. The first-order chi connectivity index (χ1) is 3.30. The van der Waals surface area contributed by atoms with Crippen LogP contribution in [0.3, 0.4) is 0 Å². The Bertz CT molecular complexity index is 56.0. The van der Waals surface area contributed by atoms with Crippen LogP contribution < -0.4 is 0 Å². The summed E-state index contributed by atoms with van der Waals surface area (Å²) in [7, 11) is 0. The van der Waals surface area contributed by atoms with E-state index < -0.39 is 12.2 Å². The van der Waals surface area contributed by atoms with Crippen LogP contribution in [0, 0.1) is 6.61 Å². The van der Waals surface area contributed by atoms with Crippen molar-refractivity contribution < 1.29 is 14.9 Å². The minimum Gasteiger partial charge on any atom is -0.388 e. The number of hydrogen-bond donors (Lipinski definition) is 2. The van der Waals surface area contributed by atoms with Gasteiger partial charge in [0.15, 0.2) is 0 Å². The Morgan fingerprint density at radius 2 is 2.29 bits per heavy atom. The van der Waals surface area contributed by atoms with Crippen LogP contribution in [0.2, 0.25) is 0 Å². The molecule has 2 atom stereocenters. The number of aliphatic hydroxyl groups excluding tert-OH is 2. The van der Waals surface area contributed by atoms with Gasteiger partial charge in [-0.3, -0.25) is 0 Å². The number of aliphatic hydroxyl groups is 2. The molecule has 3 nitrogen and oxygen atoms in total. The van der Waals surface area contributed by atoms with Crippen molar-refractivity contribution in [2.45, 2.75) is 12.2 Å². The van der Waals surface area contributed by atoms with Gasteiger partial charge in [-0.1, -0.05) is 0 Å². The van der Waals surface area contributed by atoms with E-state index in [9.17, 15) is 0 Å². The van der Waals surface area contributed by atoms with Gasteiger partial charge in [0, 0.05) is 0 Å². The molecule has 1 radical (unpaired) electrons. The highest BCUT2D eigenvalue weighted by Crippen LogP contribution is 2.07. The molecule has 3 heteroatoms. The van der Waals surface area contributed by atoms with E-state index in [1.165, 1.54) is 6.61 Å². The molecule has 2 N–H and O–H groups in total. The molecule has 1 saturated heterocycles. The molecule has 1 aliphatic heterocycles. The fraction of sp³-hybridized carbons (Fsp3) is 0.750. The summed E-state index contributed by atoms with van der Waals surface area (Å²) >= 11 is 0. The number of ether oxygens (including phenoxy) is 1. The summed E-state index contributed by atoms with van der Waals surface area (Å²) in [5.41, 5.74) is 0. The van der Waals surface area contributed by atoms with Crippen molar-refractivity contribution in [3.8, 4) is 0 Å². The van der Waals surface area contributed by atoms with Gasteiger partial charge in [0.25, 0.3) is 0 Å². The van der Waals surface area contributed by atoms with E-state index in [1.807, 2.05) is 0 Å². The third-order valence-electron chi connectivity index (χ3n) is 0.897. The summed E-state index contributed by atoms with van der Waals surface area (Å²) in [5.74, 6) is 0. The highest BCUT2D eigenvalue weighted by atomic mass is 16.5. The van der Waals surface area contributed by atoms with Gasteiger partial charge in [-0.2, -0.15) is 0 Å². The van der Waals surface area contributed by atoms with Crippen molar-refractivity contribution in [3.05, 3.63) is 6.61 Å². The van der Waals surface area contributed by atoms with Crippen LogP contribution in [-0.2, 0) is 4.74 Å². The molecule has 0 bridgehead atoms. The van der Waals surface area contributed by atoms with Crippen LogP contribution in [0.5, 0.6) is 0 Å². The van der Waals surface area contributed by atoms with E-state index in [1.54, 1.807) is 0 Å². The van der Waals surface area contributed by atoms with Crippen LogP contribution in [0.1, 0.15) is 0 Å². The third kappa shape index (κ3) is 0.907. The number of hydrogen-bond acceptors (Lipinski definition) is 3. The highest BCUT2D eigenvalue weighted by molar-refractivity contribution is 4.80. The van der Waals surface area contributed by atoms with Crippen molar-refractivity contribution in [2.24, 2.45) is 0 Å². The molecule has 7 heavy (non-hydrogen) atoms. The number of rotatable bonds is 0. The molecule has 0 aromatic carbocycles. The van der Waals surface area contributed by atoms with Crippen LogP contribution in [0.15, 0.2) is 0 Å². The molecule has 0 saturated carbocycles. The molecular formula is C4H7O3. The summed E-state index contributed by atoms with van der Waals surface area (Å²) in [6.07, 6.45) is -1.49. The van der Waals surface area contributed by atoms with E-state index in [4.69, 9.17) is 10.2 Å². The maximum Gasteiger partial charge on any atom is 0.115 e. The second-order valence-electron chi connectivity index (χ2n) is 1.53. The summed E-state index contributed by atoms with van der Waals surface area (Å²) in [5, 5.41) is 17.2. The Labute approximate surface area is 41.5 Å². The molecule has 0 unspecified atom stereocenters. The average Bonchev–Trinajstić information content (AvgIpc) is 1.91. The minimum absolute atomic E-state index is 0.223. The van der Waals surface area contributed by atoms with Crippen LogP contribution >= 0.6 is 0 Å². The summed E-state index contributed by atoms with van der Waals surface area (Å²) in [4.78, 5) is 0. The molecule has 0 aromatic rings. The predicted octanol–water partition coefficient (Wildman–Crippen LogP) is -1.10. The lowest BCUT2D eigenvalue weighted by Gasteiger charge is -1.99. The first kappa shape index (κ1) is 5.03. The zero-order chi connectivity index (χ0) is 5.28. The van der Waals surface area contributed by atoms with Gasteiger partial charge in [-0.15, -0.1) is 0 Å². The first-order valence-corrected chi connectivity index (χ1v) is 2.12. The summed E-state index contributed by atoms with van der Waals surface area (Å²) in [6.45, 7) is 1.45. The topological polar surface area (TPSA) is 49.7 Å². The van der Waals surface area contributed by atoms with Gasteiger partial charge in [0.1, 0.15) is 18.8 Å². The molecule has 0 amide bonds. The molecule has 41 valence electrons. The molecule has 1 rings (SSSR count). The van der Waals surface area contributed by atoms with E-state index in [-0.39, 0.29) is 6.61 Å². The van der Waals surface area contributed by atoms with Gasteiger partial charge in [-0.25, -0.2) is 0 Å². The molecule has 0 aliphatic carbocycles. The Balaban J connectivity index is 2.33. The molecule has 0 aromatic heterocycles. The van der Waals surface area contributed by atoms with E-state index in [2.05, 4.69) is 4.74 Å². The van der Waals surface area contributed by atoms with Crippen molar-refractivity contribution in [1.29, 1.82) is 0 Å². The third-order valence-corrected chi connectivity index (χ3v) is 0.897. The van der Waals surface area contributed by atoms with Crippen LogP contribution in [0.4, 0.5) is 0 Å². The fourth-order valence-corrected chi connectivity index (χ4v) is 0.442. The second kappa shape index (κ2) is 1.78. The predicted molar refractivity (Wildman–Crippen MR) is 22.3 cm³/mol. The van der Waals surface area contributed by atoms with Gasteiger partial charge in [-0.05, 0) is 0 Å². The van der Waals surface area contributed by atoms with Gasteiger partial charge < -0.3 is 14.9 Å². The monoisotopic (exact) mass is 103 g/mol. The summed E-state index contributed by atoms with van der Waals surface area (Å²) in [6, 6.07) is 0. The lowest BCUT2D eigenvalue weighted by molar-refractivity contribution is 0.0635. The highest BCUT2D eigenvalue weighted by Gasteiger charge is 2.23. The molecule has 0 spiro atoms. The Kier molecular flexibility index (Phi) is 1.27. The SMILES string of the molecule is O[C@H]1[CH]OC[C@@H]1O. The normalized spacial score (nSPS) is 42.0. The van der Waals surface area contributed by atoms with Gasteiger partial charge >= 0.3 is 0 Å². The first-order valence-electron chi connectivity index (χ1n) is 2.12. The van der Waals surface area contributed by atoms with Crippen molar-refractivity contribution in [2.75, 3.05) is 6.61 Å². The molecular weight excluding hydrogens is 96.0 g/mol. The van der Waals surface area contributed by atoms with Crippen LogP contribution in [0.25, 0.3) is 0 Å². The van der Waals surface area contributed by atoms with Gasteiger partial charge in [0.2, 0.25) is 0 Å². The standard InChI is InChI=1S/C4H7O3/c5-3-1-7-2-4(3)6/h1,3-6H,2H2/t3-,4-/m0/s1. The van der Waals surface area contributed by atoms with Gasteiger partial charge in [0.05, 0.1) is 6.61 Å². The maximum atomic E-state index is 8.59. The smallest absolute Gasteiger partial charge is 0.115 e. The Morgan fingerprint density at radius 3 is 2.43 bits per heavy atom. The second-order valence-corrected chi connectivity index (χ2v) is 1.53. The quantitative estimate of drug-likeness (QED) is 0.409. The lowest BCUT2D eigenvalue weighted by atomic mass is 10.3. The van der Waals surface area contributed by atoms with Crippen molar-refractivity contribution in [1.82, 2.24) is 0 Å². The van der Waals surface area contributed by atoms with Crippen LogP contribution in [-0.4, -0.2) is 29.0 Å². The maximum absolute atomic E-state index is 8.59. The molecule has 1 fully saturated rings. The largest absolute Gasteiger partial charge is 0.388 e. The zero-order valence-electron chi connectivity index (χ0n) is 3.74. The van der Waals surface area contributed by atoms with E-state index >= 15 is 0 Å². The molecule has 1 heterocycles. The average molecular weight is 103 g/mol. The fourth-order valence-electron chi connectivity index (χ4n) is 0.442. The minimum atomic E-state index is -0.778. The molecule has 1 aliphatic rings. The Morgan fingerprint density at radius 1 is 1.57 bits per heavy atom. The Hall–Kier alpha value is -0.120. The summed E-state index contributed by atoms with van der Waals surface area (Å²) < 4.78 is 4.54. The van der Waals surface area contributed by atoms with Crippen molar-refractivity contribution >= 4 is 0 Å². The van der Waals surface area contributed by atoms with E-state index in [0.717, 1.165) is 0 Å². The van der Waals surface area contributed by atoms with E-state index in [0.29, 0.717) is 0 Å². The lowest BCUT2D eigenvalue weighted by Crippen LogP contribution is -2.20. The van der Waals surface area contributed by atoms with Crippen molar-refractivity contribution in [3.63, 3.8) is 0 Å².